The molecule has 4 aromatic rings. The molecule has 3 aromatic carbocycles. The third-order valence-corrected chi connectivity index (χ3v) is 5.14. The molecule has 5 nitrogen and oxygen atoms in total. The van der Waals surface area contributed by atoms with Crippen molar-refractivity contribution in [3.63, 3.8) is 0 Å². The minimum absolute atomic E-state index is 0.179. The number of benzene rings is 3. The summed E-state index contributed by atoms with van der Waals surface area (Å²) in [5.41, 5.74) is 3.41. The number of anilines is 2. The summed E-state index contributed by atoms with van der Waals surface area (Å²) in [6.07, 6.45) is 0. The third kappa shape index (κ3) is 4.32. The summed E-state index contributed by atoms with van der Waals surface area (Å²) in [5.74, 6) is -0.247. The normalized spacial score (nSPS) is 10.7. The average Bonchev–Trinajstić information content (AvgIpc) is 3.14. The molecule has 0 unspecified atom stereocenters. The molecule has 0 fully saturated rings. The van der Waals surface area contributed by atoms with Gasteiger partial charge in [-0.05, 0) is 83.6 Å². The molecule has 2 amide bonds. The van der Waals surface area contributed by atoms with E-state index in [0.29, 0.717) is 22.5 Å². The van der Waals surface area contributed by atoms with Crippen LogP contribution < -0.4 is 10.6 Å². The van der Waals surface area contributed by atoms with Crippen LogP contribution in [0.3, 0.4) is 0 Å². The van der Waals surface area contributed by atoms with Crippen molar-refractivity contribution < 1.29 is 14.0 Å². The van der Waals surface area contributed by atoms with Crippen molar-refractivity contribution in [2.75, 3.05) is 10.6 Å². The standard InChI is InChI=1S/C23H17IN2O3/c1-14-11-18(25-22(27)16-6-4-7-17(24)12-16)9-10-19(14)26-23(28)21-13-15-5-2-3-8-20(15)29-21/h2-13H,1H3,(H,25,27)(H,26,28). The predicted molar refractivity (Wildman–Crippen MR) is 122 cm³/mol. The summed E-state index contributed by atoms with van der Waals surface area (Å²) in [4.78, 5) is 25.0. The summed E-state index contributed by atoms with van der Waals surface area (Å²) in [6, 6.07) is 21.9. The largest absolute Gasteiger partial charge is 0.451 e. The van der Waals surface area contributed by atoms with Crippen LogP contribution in [0.25, 0.3) is 11.0 Å². The molecular weight excluding hydrogens is 479 g/mol. The summed E-state index contributed by atoms with van der Waals surface area (Å²) < 4.78 is 6.60. The zero-order chi connectivity index (χ0) is 20.4. The van der Waals surface area contributed by atoms with Crippen LogP contribution in [0, 0.1) is 10.5 Å². The van der Waals surface area contributed by atoms with E-state index in [2.05, 4.69) is 33.2 Å². The van der Waals surface area contributed by atoms with Gasteiger partial charge in [-0.3, -0.25) is 9.59 Å². The molecule has 0 aliphatic rings. The molecule has 0 bridgehead atoms. The van der Waals surface area contributed by atoms with E-state index in [1.165, 1.54) is 0 Å². The molecule has 1 aromatic heterocycles. The van der Waals surface area contributed by atoms with E-state index in [9.17, 15) is 9.59 Å². The van der Waals surface area contributed by atoms with Crippen LogP contribution in [0.15, 0.2) is 77.2 Å². The number of para-hydroxylation sites is 1. The van der Waals surface area contributed by atoms with Gasteiger partial charge in [0.15, 0.2) is 5.76 Å². The predicted octanol–water partition coefficient (Wildman–Crippen LogP) is 5.85. The highest BCUT2D eigenvalue weighted by Gasteiger charge is 2.14. The van der Waals surface area contributed by atoms with E-state index in [-0.39, 0.29) is 17.6 Å². The van der Waals surface area contributed by atoms with E-state index in [0.717, 1.165) is 14.5 Å². The van der Waals surface area contributed by atoms with Gasteiger partial charge in [0.2, 0.25) is 0 Å². The monoisotopic (exact) mass is 496 g/mol. The maximum absolute atomic E-state index is 12.5. The van der Waals surface area contributed by atoms with Crippen LogP contribution in [0.5, 0.6) is 0 Å². The van der Waals surface area contributed by atoms with Gasteiger partial charge in [-0.1, -0.05) is 24.3 Å². The van der Waals surface area contributed by atoms with Gasteiger partial charge < -0.3 is 15.1 Å². The molecule has 4 rings (SSSR count). The summed E-state index contributed by atoms with van der Waals surface area (Å²) in [7, 11) is 0. The Morgan fingerprint density at radius 1 is 0.862 bits per heavy atom. The zero-order valence-corrected chi connectivity index (χ0v) is 17.7. The molecule has 144 valence electrons. The highest BCUT2D eigenvalue weighted by atomic mass is 127. The van der Waals surface area contributed by atoms with Gasteiger partial charge in [0.25, 0.3) is 11.8 Å². The second-order valence-electron chi connectivity index (χ2n) is 6.60. The molecule has 0 aliphatic carbocycles. The Labute approximate surface area is 181 Å². The lowest BCUT2D eigenvalue weighted by atomic mass is 10.1. The number of halogens is 1. The van der Waals surface area contributed by atoms with Gasteiger partial charge in [0, 0.05) is 25.9 Å². The molecule has 1 heterocycles. The lowest BCUT2D eigenvalue weighted by molar-refractivity contribution is 0.0996. The van der Waals surface area contributed by atoms with Crippen molar-refractivity contribution in [1.29, 1.82) is 0 Å². The number of fused-ring (bicyclic) bond motifs is 1. The highest BCUT2D eigenvalue weighted by Crippen LogP contribution is 2.23. The Bertz CT molecular complexity index is 1200. The molecule has 0 aliphatic heterocycles. The number of rotatable bonds is 4. The van der Waals surface area contributed by atoms with E-state index in [4.69, 9.17) is 4.42 Å². The van der Waals surface area contributed by atoms with Crippen LogP contribution in [-0.2, 0) is 0 Å². The molecule has 0 saturated heterocycles. The van der Waals surface area contributed by atoms with Gasteiger partial charge >= 0.3 is 0 Å². The van der Waals surface area contributed by atoms with Crippen molar-refractivity contribution in [2.45, 2.75) is 6.92 Å². The Kier molecular flexibility index (Phi) is 5.35. The number of hydrogen-bond donors (Lipinski definition) is 2. The Hall–Kier alpha value is -3.13. The number of amides is 2. The van der Waals surface area contributed by atoms with E-state index in [1.54, 1.807) is 24.3 Å². The van der Waals surface area contributed by atoms with Crippen molar-refractivity contribution in [3.8, 4) is 0 Å². The summed E-state index contributed by atoms with van der Waals surface area (Å²) in [6.45, 7) is 1.87. The second kappa shape index (κ2) is 8.08. The number of aryl methyl sites for hydroxylation is 1. The van der Waals surface area contributed by atoms with Gasteiger partial charge in [-0.25, -0.2) is 0 Å². The Morgan fingerprint density at radius 2 is 1.69 bits per heavy atom. The maximum atomic E-state index is 12.5. The fourth-order valence-electron chi connectivity index (χ4n) is 2.99. The highest BCUT2D eigenvalue weighted by molar-refractivity contribution is 14.1. The van der Waals surface area contributed by atoms with Crippen molar-refractivity contribution in [1.82, 2.24) is 0 Å². The molecular formula is C23H17IN2O3. The average molecular weight is 496 g/mol. The second-order valence-corrected chi connectivity index (χ2v) is 7.84. The van der Waals surface area contributed by atoms with E-state index in [1.807, 2.05) is 55.5 Å². The molecule has 29 heavy (non-hydrogen) atoms. The first kappa shape index (κ1) is 19.2. The van der Waals surface area contributed by atoms with Crippen LogP contribution in [-0.4, -0.2) is 11.8 Å². The molecule has 6 heteroatoms. The lowest BCUT2D eigenvalue weighted by Crippen LogP contribution is -2.14. The van der Waals surface area contributed by atoms with E-state index < -0.39 is 0 Å². The molecule has 0 radical (unpaired) electrons. The van der Waals surface area contributed by atoms with Crippen LogP contribution in [0.4, 0.5) is 11.4 Å². The fraction of sp³-hybridized carbons (Fsp3) is 0.0435. The molecule has 0 saturated carbocycles. The molecule has 0 atom stereocenters. The van der Waals surface area contributed by atoms with Gasteiger partial charge in [-0.2, -0.15) is 0 Å². The number of carbonyl (C=O) groups excluding carboxylic acids is 2. The SMILES string of the molecule is Cc1cc(NC(=O)c2cccc(I)c2)ccc1NC(=O)c1cc2ccccc2o1. The van der Waals surface area contributed by atoms with Crippen LogP contribution in [0.2, 0.25) is 0 Å². The summed E-state index contributed by atoms with van der Waals surface area (Å²) >= 11 is 2.17. The molecule has 2 N–H and O–H groups in total. The van der Waals surface area contributed by atoms with Gasteiger partial charge in [-0.15, -0.1) is 0 Å². The van der Waals surface area contributed by atoms with Gasteiger partial charge in [0.05, 0.1) is 0 Å². The molecule has 0 spiro atoms. The lowest BCUT2D eigenvalue weighted by Gasteiger charge is -2.11. The van der Waals surface area contributed by atoms with Gasteiger partial charge in [0.1, 0.15) is 5.58 Å². The smallest absolute Gasteiger partial charge is 0.291 e. The first-order valence-corrected chi connectivity index (χ1v) is 10.0. The van der Waals surface area contributed by atoms with Crippen molar-refractivity contribution in [2.24, 2.45) is 0 Å². The fourth-order valence-corrected chi connectivity index (χ4v) is 3.54. The zero-order valence-electron chi connectivity index (χ0n) is 15.5. The van der Waals surface area contributed by atoms with E-state index >= 15 is 0 Å². The minimum Gasteiger partial charge on any atom is -0.451 e. The number of furan rings is 1. The topological polar surface area (TPSA) is 71.3 Å². The maximum Gasteiger partial charge on any atom is 0.291 e. The number of hydrogen-bond acceptors (Lipinski definition) is 3. The van der Waals surface area contributed by atoms with Crippen LogP contribution in [0.1, 0.15) is 26.5 Å². The third-order valence-electron chi connectivity index (χ3n) is 4.47. The minimum atomic E-state index is -0.319. The first-order chi connectivity index (χ1) is 14.0. The Morgan fingerprint density at radius 3 is 2.45 bits per heavy atom. The quantitative estimate of drug-likeness (QED) is 0.349. The first-order valence-electron chi connectivity index (χ1n) is 8.97. The van der Waals surface area contributed by atoms with Crippen LogP contribution >= 0.6 is 22.6 Å². The summed E-state index contributed by atoms with van der Waals surface area (Å²) in [5, 5.41) is 6.62. The Balaban J connectivity index is 1.48. The number of carbonyl (C=O) groups is 2. The van der Waals surface area contributed by atoms with Crippen molar-refractivity contribution >= 4 is 56.7 Å². The number of nitrogens with one attached hydrogen (secondary N) is 2. The van der Waals surface area contributed by atoms with Crippen molar-refractivity contribution in [3.05, 3.63) is 93.3 Å².